The molecule has 5 rings (SSSR count). The standard InChI is InChI=1S/C27H27F2NOS2/c1-16-6-8-19-22(26(16)29)15-33-27-21(11-14-32-27)25(19)24-17(2)30-13-4-3-5-18(30)7-9-23(31)20(24)10-12-28/h6-9,11,14,18,25H,2-5,10,12-13,15H2,1H3/b9-7-,24-20-. The Balaban J connectivity index is 1.79. The fourth-order valence-electron chi connectivity index (χ4n) is 5.37. The van der Waals surface area contributed by atoms with Crippen LogP contribution >= 0.6 is 23.1 Å². The van der Waals surface area contributed by atoms with Gasteiger partial charge in [-0.1, -0.05) is 24.8 Å². The second-order valence-electron chi connectivity index (χ2n) is 8.91. The number of carbonyl (C=O) groups excluding carboxylic acids is 1. The molecule has 2 aromatic rings. The Kier molecular flexibility index (Phi) is 6.32. The van der Waals surface area contributed by atoms with E-state index in [1.54, 1.807) is 36.1 Å². The number of alkyl halides is 1. The van der Waals surface area contributed by atoms with Gasteiger partial charge < -0.3 is 4.90 Å². The molecule has 1 saturated heterocycles. The first-order chi connectivity index (χ1) is 16.0. The average molecular weight is 484 g/mol. The number of aryl methyl sites for hydroxylation is 1. The van der Waals surface area contributed by atoms with Crippen LogP contribution in [0.5, 0.6) is 0 Å². The van der Waals surface area contributed by atoms with E-state index in [4.69, 9.17) is 0 Å². The summed E-state index contributed by atoms with van der Waals surface area (Å²) >= 11 is 3.28. The molecule has 2 nitrogen and oxygen atoms in total. The van der Waals surface area contributed by atoms with E-state index in [0.717, 1.165) is 52.4 Å². The smallest absolute Gasteiger partial charge is 0.182 e. The number of hydrogen-bond donors (Lipinski definition) is 0. The van der Waals surface area contributed by atoms with Gasteiger partial charge in [0.25, 0.3) is 0 Å². The molecule has 6 heteroatoms. The first-order valence-electron chi connectivity index (χ1n) is 11.5. The molecule has 0 saturated carbocycles. The van der Waals surface area contributed by atoms with Gasteiger partial charge in [0.1, 0.15) is 5.82 Å². The normalized spacial score (nSPS) is 26.1. The molecule has 2 unspecified atom stereocenters. The number of halogens is 2. The molecule has 0 radical (unpaired) electrons. The number of hydrogen-bond acceptors (Lipinski definition) is 4. The van der Waals surface area contributed by atoms with Crippen LogP contribution in [0.4, 0.5) is 8.78 Å². The van der Waals surface area contributed by atoms with Crippen molar-refractivity contribution < 1.29 is 13.6 Å². The van der Waals surface area contributed by atoms with E-state index in [-0.39, 0.29) is 30.0 Å². The number of carbonyl (C=O) groups is 1. The number of ketones is 1. The fourth-order valence-corrected chi connectivity index (χ4v) is 7.57. The van der Waals surface area contributed by atoms with E-state index in [9.17, 15) is 9.18 Å². The second-order valence-corrected chi connectivity index (χ2v) is 11.1. The van der Waals surface area contributed by atoms with E-state index in [1.807, 2.05) is 23.6 Å². The lowest BCUT2D eigenvalue weighted by molar-refractivity contribution is -0.111. The first-order valence-corrected chi connectivity index (χ1v) is 13.3. The third-order valence-corrected chi connectivity index (χ3v) is 9.33. The van der Waals surface area contributed by atoms with Gasteiger partial charge in [-0.3, -0.25) is 9.18 Å². The van der Waals surface area contributed by atoms with E-state index in [1.165, 1.54) is 0 Å². The third-order valence-electron chi connectivity index (χ3n) is 7.03. The summed E-state index contributed by atoms with van der Waals surface area (Å²) in [5.74, 6) is -0.160. The summed E-state index contributed by atoms with van der Waals surface area (Å²) in [5.41, 5.74) is 5.22. The molecular formula is C27H27F2NOS2. The lowest BCUT2D eigenvalue weighted by atomic mass is 9.77. The molecule has 33 heavy (non-hydrogen) atoms. The minimum Gasteiger partial charge on any atom is -0.365 e. The van der Waals surface area contributed by atoms with E-state index < -0.39 is 6.67 Å². The minimum absolute atomic E-state index is 0.0306. The predicted octanol–water partition coefficient (Wildman–Crippen LogP) is 7.10. The number of benzene rings is 1. The van der Waals surface area contributed by atoms with Crippen molar-refractivity contribution in [3.8, 4) is 0 Å². The van der Waals surface area contributed by atoms with E-state index in [2.05, 4.69) is 17.5 Å². The average Bonchev–Trinajstić information content (AvgIpc) is 3.22. The number of thioether (sulfide) groups is 1. The number of allylic oxidation sites excluding steroid dienone is 3. The van der Waals surface area contributed by atoms with E-state index in [0.29, 0.717) is 22.5 Å². The highest BCUT2D eigenvalue weighted by Gasteiger charge is 2.37. The maximum atomic E-state index is 15.4. The molecule has 3 aliphatic rings. The quantitative estimate of drug-likeness (QED) is 0.465. The number of piperidine rings is 1. The highest BCUT2D eigenvalue weighted by atomic mass is 32.2. The molecular weight excluding hydrogens is 456 g/mol. The van der Waals surface area contributed by atoms with Gasteiger partial charge in [0.15, 0.2) is 5.78 Å². The van der Waals surface area contributed by atoms with Crippen molar-refractivity contribution in [3.63, 3.8) is 0 Å². The Labute approximate surface area is 202 Å². The fraction of sp³-hybridized carbons (Fsp3) is 0.370. The van der Waals surface area contributed by atoms with Crippen molar-refractivity contribution in [2.45, 2.75) is 54.5 Å². The van der Waals surface area contributed by atoms with Gasteiger partial charge in [-0.05, 0) is 66.0 Å². The van der Waals surface area contributed by atoms with Crippen molar-refractivity contribution in [1.29, 1.82) is 0 Å². The predicted molar refractivity (Wildman–Crippen MR) is 132 cm³/mol. The number of fused-ring (bicyclic) bond motifs is 3. The topological polar surface area (TPSA) is 20.3 Å². The highest BCUT2D eigenvalue weighted by molar-refractivity contribution is 8.00. The van der Waals surface area contributed by atoms with Gasteiger partial charge >= 0.3 is 0 Å². The van der Waals surface area contributed by atoms with Crippen molar-refractivity contribution >= 4 is 28.9 Å². The van der Waals surface area contributed by atoms with Gasteiger partial charge in [0.2, 0.25) is 0 Å². The van der Waals surface area contributed by atoms with Crippen LogP contribution in [0, 0.1) is 12.7 Å². The lowest BCUT2D eigenvalue weighted by Gasteiger charge is -2.41. The maximum absolute atomic E-state index is 15.4. The van der Waals surface area contributed by atoms with Gasteiger partial charge in [0.05, 0.1) is 10.9 Å². The zero-order valence-corrected chi connectivity index (χ0v) is 20.3. The summed E-state index contributed by atoms with van der Waals surface area (Å²) in [5, 5.41) is 2.05. The number of nitrogens with zero attached hydrogens (tertiary/aromatic N) is 1. The first kappa shape index (κ1) is 22.6. The Morgan fingerprint density at radius 2 is 2.06 bits per heavy atom. The molecule has 0 N–H and O–H groups in total. The summed E-state index contributed by atoms with van der Waals surface area (Å²) in [6.07, 6.45) is 6.73. The summed E-state index contributed by atoms with van der Waals surface area (Å²) in [6.45, 7) is 6.50. The van der Waals surface area contributed by atoms with Gasteiger partial charge in [-0.15, -0.1) is 23.1 Å². The molecule has 4 heterocycles. The van der Waals surface area contributed by atoms with Crippen molar-refractivity contribution in [1.82, 2.24) is 4.90 Å². The third kappa shape index (κ3) is 3.91. The Bertz CT molecular complexity index is 1180. The molecule has 0 amide bonds. The van der Waals surface area contributed by atoms with Crippen LogP contribution in [0.25, 0.3) is 0 Å². The van der Waals surface area contributed by atoms with Gasteiger partial charge in [0, 0.05) is 47.5 Å². The molecule has 0 spiro atoms. The number of rotatable bonds is 3. The highest BCUT2D eigenvalue weighted by Crippen LogP contribution is 2.50. The summed E-state index contributed by atoms with van der Waals surface area (Å²) in [6, 6.07) is 5.99. The van der Waals surface area contributed by atoms with Crippen LogP contribution in [-0.4, -0.2) is 29.9 Å². The Hall–Kier alpha value is -2.18. The monoisotopic (exact) mass is 483 g/mol. The van der Waals surface area contributed by atoms with Crippen LogP contribution < -0.4 is 0 Å². The molecule has 1 aromatic carbocycles. The molecule has 0 aliphatic carbocycles. The summed E-state index contributed by atoms with van der Waals surface area (Å²) in [4.78, 5) is 15.6. The second kappa shape index (κ2) is 9.22. The largest absolute Gasteiger partial charge is 0.365 e. The van der Waals surface area contributed by atoms with E-state index >= 15 is 4.39 Å². The number of thiophene rings is 1. The zero-order chi connectivity index (χ0) is 23.1. The molecule has 1 fully saturated rings. The Morgan fingerprint density at radius 3 is 2.88 bits per heavy atom. The summed E-state index contributed by atoms with van der Waals surface area (Å²) < 4.78 is 30.3. The van der Waals surface area contributed by atoms with Crippen LogP contribution in [0.15, 0.2) is 63.4 Å². The molecule has 172 valence electrons. The molecule has 1 aromatic heterocycles. The lowest BCUT2D eigenvalue weighted by Crippen LogP contribution is -2.40. The SMILES string of the molecule is C=C1/C(C2c3ccsc3SCc3c2ccc(C)c3F)=C(\CCF)C(=O)/C=C\C2CCCCN12. The summed E-state index contributed by atoms with van der Waals surface area (Å²) in [7, 11) is 0. The van der Waals surface area contributed by atoms with Gasteiger partial charge in [-0.25, -0.2) is 4.39 Å². The van der Waals surface area contributed by atoms with Crippen LogP contribution in [-0.2, 0) is 10.5 Å². The maximum Gasteiger partial charge on any atom is 0.182 e. The van der Waals surface area contributed by atoms with Crippen LogP contribution in [0.3, 0.4) is 0 Å². The van der Waals surface area contributed by atoms with Gasteiger partial charge in [-0.2, -0.15) is 0 Å². The zero-order valence-electron chi connectivity index (χ0n) is 18.7. The molecule has 0 bridgehead atoms. The van der Waals surface area contributed by atoms with Crippen LogP contribution in [0.2, 0.25) is 0 Å². The Morgan fingerprint density at radius 1 is 1.21 bits per heavy atom. The van der Waals surface area contributed by atoms with Crippen LogP contribution in [0.1, 0.15) is 53.9 Å². The van der Waals surface area contributed by atoms with Crippen molar-refractivity contribution in [2.75, 3.05) is 13.2 Å². The van der Waals surface area contributed by atoms with Crippen molar-refractivity contribution in [3.05, 3.63) is 87.2 Å². The minimum atomic E-state index is -0.623. The van der Waals surface area contributed by atoms with Crippen molar-refractivity contribution in [2.24, 2.45) is 0 Å². The molecule has 2 atom stereocenters. The molecule has 3 aliphatic heterocycles.